The van der Waals surface area contributed by atoms with Gasteiger partial charge in [0.05, 0.1) is 6.04 Å². The molecule has 0 bridgehead atoms. The quantitative estimate of drug-likeness (QED) is 0.547. The van der Waals surface area contributed by atoms with E-state index in [1.807, 2.05) is 11.0 Å². The van der Waals surface area contributed by atoms with Crippen LogP contribution < -0.4 is 4.90 Å². The normalized spacial score (nSPS) is 23.5. The molecule has 0 radical (unpaired) electrons. The maximum Gasteiger partial charge on any atom is 0.300 e. The van der Waals surface area contributed by atoms with Crippen molar-refractivity contribution in [2.45, 2.75) is 90.1 Å². The average molecular weight is 424 g/mol. The molecule has 0 N–H and O–H groups in total. The standard InChI is InChI=1S/C26H37N3O2/c1-3-28(4-2)22-17-15-20(16-18-22)19-24-25(30)29(23-13-9-6-10-14-23)26(31-24)27-21-11-7-5-8-12-21/h15-19,21,23H,3-14H2,1-2H3/b24-19-,27-26?. The van der Waals surface area contributed by atoms with E-state index in [9.17, 15) is 4.79 Å². The molecular formula is C26H37N3O2. The Morgan fingerprint density at radius 2 is 1.58 bits per heavy atom. The van der Waals surface area contributed by atoms with E-state index in [4.69, 9.17) is 9.73 Å². The van der Waals surface area contributed by atoms with Gasteiger partial charge in [0.25, 0.3) is 5.91 Å². The maximum atomic E-state index is 13.4. The first-order chi connectivity index (χ1) is 15.2. The monoisotopic (exact) mass is 423 g/mol. The lowest BCUT2D eigenvalue weighted by molar-refractivity contribution is -0.124. The van der Waals surface area contributed by atoms with Crippen LogP contribution in [0.4, 0.5) is 5.69 Å². The van der Waals surface area contributed by atoms with Crippen LogP contribution >= 0.6 is 0 Å². The van der Waals surface area contributed by atoms with Crippen molar-refractivity contribution in [3.8, 4) is 0 Å². The Kier molecular flexibility index (Phi) is 7.31. The second-order valence-corrected chi connectivity index (χ2v) is 9.04. The lowest BCUT2D eigenvalue weighted by atomic mass is 9.94. The molecule has 1 saturated heterocycles. The number of ether oxygens (including phenoxy) is 1. The summed E-state index contributed by atoms with van der Waals surface area (Å²) < 4.78 is 6.14. The summed E-state index contributed by atoms with van der Waals surface area (Å²) in [6, 6.07) is 9.44. The average Bonchev–Trinajstić information content (AvgIpc) is 3.11. The first-order valence-electron chi connectivity index (χ1n) is 12.4. The Bertz CT molecular complexity index is 798. The zero-order valence-corrected chi connectivity index (χ0v) is 19.2. The van der Waals surface area contributed by atoms with Gasteiger partial charge in [0.1, 0.15) is 0 Å². The number of amides is 1. The lowest BCUT2D eigenvalue weighted by Crippen LogP contribution is -2.41. The van der Waals surface area contributed by atoms with Crippen LogP contribution in [0.25, 0.3) is 6.08 Å². The van der Waals surface area contributed by atoms with Crippen LogP contribution in [0, 0.1) is 0 Å². The number of nitrogens with zero attached hydrogens (tertiary/aromatic N) is 3. The summed E-state index contributed by atoms with van der Waals surface area (Å²) in [5.74, 6) is 0.394. The third kappa shape index (κ3) is 5.13. The fourth-order valence-electron chi connectivity index (χ4n) is 5.13. The lowest BCUT2D eigenvalue weighted by Gasteiger charge is -2.29. The topological polar surface area (TPSA) is 45.1 Å². The molecule has 31 heavy (non-hydrogen) atoms. The summed E-state index contributed by atoms with van der Waals surface area (Å²) in [6.07, 6.45) is 13.5. The molecule has 5 nitrogen and oxygen atoms in total. The molecule has 3 fully saturated rings. The molecule has 1 heterocycles. The molecule has 0 atom stereocenters. The fourth-order valence-corrected chi connectivity index (χ4v) is 5.13. The van der Waals surface area contributed by atoms with Gasteiger partial charge in [0.2, 0.25) is 0 Å². The van der Waals surface area contributed by atoms with Gasteiger partial charge in [0.15, 0.2) is 5.76 Å². The minimum atomic E-state index is -0.0192. The number of anilines is 1. The van der Waals surface area contributed by atoms with Crippen LogP contribution in [-0.2, 0) is 9.53 Å². The van der Waals surface area contributed by atoms with Crippen molar-refractivity contribution in [2.24, 2.45) is 4.99 Å². The highest BCUT2D eigenvalue weighted by molar-refractivity contribution is 6.11. The smallest absolute Gasteiger partial charge is 0.300 e. The van der Waals surface area contributed by atoms with Gasteiger partial charge in [-0.2, -0.15) is 0 Å². The summed E-state index contributed by atoms with van der Waals surface area (Å²) in [7, 11) is 0. The summed E-state index contributed by atoms with van der Waals surface area (Å²) >= 11 is 0. The number of benzene rings is 1. The third-order valence-corrected chi connectivity index (χ3v) is 6.96. The molecule has 1 aromatic carbocycles. The molecule has 0 unspecified atom stereocenters. The molecule has 4 rings (SSSR count). The minimum Gasteiger partial charge on any atom is -0.420 e. The van der Waals surface area contributed by atoms with Crippen molar-refractivity contribution in [3.05, 3.63) is 35.6 Å². The minimum absolute atomic E-state index is 0.0192. The van der Waals surface area contributed by atoms with E-state index >= 15 is 0 Å². The van der Waals surface area contributed by atoms with Crippen LogP contribution in [0.15, 0.2) is 35.0 Å². The fraction of sp³-hybridized carbons (Fsp3) is 0.615. The summed E-state index contributed by atoms with van der Waals surface area (Å²) in [5.41, 5.74) is 2.19. The Balaban J connectivity index is 1.57. The van der Waals surface area contributed by atoms with E-state index < -0.39 is 0 Å². The van der Waals surface area contributed by atoms with Gasteiger partial charge in [0, 0.05) is 24.8 Å². The number of aliphatic imine (C=N–C) groups is 1. The highest BCUT2D eigenvalue weighted by Crippen LogP contribution is 2.31. The molecule has 0 aromatic heterocycles. The van der Waals surface area contributed by atoms with Crippen molar-refractivity contribution >= 4 is 23.7 Å². The van der Waals surface area contributed by atoms with Crippen molar-refractivity contribution in [1.82, 2.24) is 4.90 Å². The number of rotatable bonds is 6. The van der Waals surface area contributed by atoms with Gasteiger partial charge in [-0.15, -0.1) is 0 Å². The van der Waals surface area contributed by atoms with Crippen LogP contribution in [-0.4, -0.2) is 42.0 Å². The second kappa shape index (κ2) is 10.3. The molecule has 1 amide bonds. The molecule has 2 aliphatic carbocycles. The zero-order valence-electron chi connectivity index (χ0n) is 19.2. The summed E-state index contributed by atoms with van der Waals surface area (Å²) in [6.45, 7) is 6.29. The molecular weight excluding hydrogens is 386 g/mol. The van der Waals surface area contributed by atoms with E-state index in [0.29, 0.717) is 11.8 Å². The molecule has 168 valence electrons. The number of carbonyl (C=O) groups excluding carboxylic acids is 1. The van der Waals surface area contributed by atoms with Crippen LogP contribution in [0.2, 0.25) is 0 Å². The summed E-state index contributed by atoms with van der Waals surface area (Å²) in [5, 5.41) is 0. The zero-order chi connectivity index (χ0) is 21.6. The molecule has 5 heteroatoms. The summed E-state index contributed by atoms with van der Waals surface area (Å²) in [4.78, 5) is 22.5. The molecule has 2 saturated carbocycles. The number of carbonyl (C=O) groups is 1. The number of hydrogen-bond donors (Lipinski definition) is 0. The van der Waals surface area contributed by atoms with Gasteiger partial charge < -0.3 is 9.64 Å². The van der Waals surface area contributed by atoms with Crippen molar-refractivity contribution in [2.75, 3.05) is 18.0 Å². The largest absolute Gasteiger partial charge is 0.420 e. The Morgan fingerprint density at radius 3 is 2.19 bits per heavy atom. The second-order valence-electron chi connectivity index (χ2n) is 9.04. The Hall–Kier alpha value is -2.30. The molecule has 1 aliphatic heterocycles. The predicted molar refractivity (Wildman–Crippen MR) is 127 cm³/mol. The van der Waals surface area contributed by atoms with Crippen LogP contribution in [0.1, 0.15) is 83.6 Å². The van der Waals surface area contributed by atoms with Gasteiger partial charge >= 0.3 is 6.02 Å². The van der Waals surface area contributed by atoms with Gasteiger partial charge in [-0.05, 0) is 63.3 Å². The number of amidine groups is 1. The Labute approximate surface area is 187 Å². The predicted octanol–water partition coefficient (Wildman–Crippen LogP) is 5.75. The highest BCUT2D eigenvalue weighted by atomic mass is 16.5. The first-order valence-corrected chi connectivity index (χ1v) is 12.4. The first kappa shape index (κ1) is 21.9. The van der Waals surface area contributed by atoms with E-state index in [-0.39, 0.29) is 18.0 Å². The van der Waals surface area contributed by atoms with E-state index in [1.54, 1.807) is 0 Å². The van der Waals surface area contributed by atoms with Gasteiger partial charge in [-0.25, -0.2) is 4.99 Å². The van der Waals surface area contributed by atoms with E-state index in [0.717, 1.165) is 44.3 Å². The van der Waals surface area contributed by atoms with E-state index in [2.05, 4.69) is 43.0 Å². The molecule has 3 aliphatic rings. The van der Waals surface area contributed by atoms with Crippen molar-refractivity contribution in [1.29, 1.82) is 0 Å². The van der Waals surface area contributed by atoms with Gasteiger partial charge in [-0.3, -0.25) is 9.69 Å². The van der Waals surface area contributed by atoms with Gasteiger partial charge in [-0.1, -0.05) is 50.7 Å². The number of hydrogen-bond acceptors (Lipinski definition) is 4. The van der Waals surface area contributed by atoms with Crippen LogP contribution in [0.5, 0.6) is 0 Å². The van der Waals surface area contributed by atoms with Crippen LogP contribution in [0.3, 0.4) is 0 Å². The Morgan fingerprint density at radius 1 is 0.968 bits per heavy atom. The van der Waals surface area contributed by atoms with E-state index in [1.165, 1.54) is 44.2 Å². The molecule has 0 spiro atoms. The van der Waals surface area contributed by atoms with Crippen molar-refractivity contribution < 1.29 is 9.53 Å². The maximum absolute atomic E-state index is 13.4. The molecule has 1 aromatic rings. The highest BCUT2D eigenvalue weighted by Gasteiger charge is 2.40. The SMILES string of the molecule is CCN(CC)c1ccc(/C=C2\OC(=NC3CCCCC3)N(C3CCCCC3)C2=O)cc1. The van der Waals surface area contributed by atoms with Crippen molar-refractivity contribution in [3.63, 3.8) is 0 Å². The third-order valence-electron chi connectivity index (χ3n) is 6.96.